The average Bonchev–Trinajstić information content (AvgIpc) is 2.05. The van der Waals surface area contributed by atoms with Crippen molar-refractivity contribution in [2.75, 3.05) is 19.7 Å². The summed E-state index contributed by atoms with van der Waals surface area (Å²) in [7, 11) is 0. The summed E-state index contributed by atoms with van der Waals surface area (Å²) in [6, 6.07) is 0. The van der Waals surface area contributed by atoms with Crippen LogP contribution in [0.25, 0.3) is 0 Å². The van der Waals surface area contributed by atoms with Crippen LogP contribution in [0.2, 0.25) is 0 Å². The highest BCUT2D eigenvalue weighted by Gasteiger charge is 2.20. The summed E-state index contributed by atoms with van der Waals surface area (Å²) < 4.78 is 5.05. The van der Waals surface area contributed by atoms with Crippen molar-refractivity contribution in [3.8, 4) is 0 Å². The van der Waals surface area contributed by atoms with Crippen molar-refractivity contribution in [3.63, 3.8) is 0 Å². The summed E-state index contributed by atoms with van der Waals surface area (Å²) in [5.74, 6) is 0.000139. The van der Waals surface area contributed by atoms with Crippen molar-refractivity contribution in [3.05, 3.63) is 0 Å². The van der Waals surface area contributed by atoms with Gasteiger partial charge < -0.3 is 14.4 Å². The molecule has 0 aromatic carbocycles. The lowest BCUT2D eigenvalue weighted by molar-refractivity contribution is -0.139. The Morgan fingerprint density at radius 2 is 2.45 bits per heavy atom. The fourth-order valence-corrected chi connectivity index (χ4v) is 1.04. The van der Waals surface area contributed by atoms with E-state index in [-0.39, 0.29) is 5.91 Å². The molecule has 1 unspecified atom stereocenters. The predicted molar refractivity (Wildman–Crippen MR) is 38.1 cm³/mol. The summed E-state index contributed by atoms with van der Waals surface area (Å²) >= 11 is 0. The van der Waals surface area contributed by atoms with Gasteiger partial charge in [0, 0.05) is 13.5 Å². The molecule has 1 atom stereocenters. The quantitative estimate of drug-likeness (QED) is 0.479. The van der Waals surface area contributed by atoms with Gasteiger partial charge in [0.1, 0.15) is 6.10 Å². The maximum Gasteiger partial charge on any atom is 0.219 e. The Kier molecular flexibility index (Phi) is 2.59. The molecule has 0 radical (unpaired) electrons. The molecule has 4 heteroatoms. The topological polar surface area (TPSA) is 46.6 Å². The Labute approximate surface area is 65.1 Å². The van der Waals surface area contributed by atoms with Crippen LogP contribution in [0.15, 0.2) is 0 Å². The fraction of sp³-hybridized carbons (Fsp3) is 0.714. The first-order chi connectivity index (χ1) is 5.24. The SMILES string of the molecule is CC(=O)N1CCOC(C=O)C1. The number of hydrogen-bond acceptors (Lipinski definition) is 3. The van der Waals surface area contributed by atoms with E-state index in [0.717, 1.165) is 6.29 Å². The number of morpholine rings is 1. The van der Waals surface area contributed by atoms with Gasteiger partial charge in [0.2, 0.25) is 5.91 Å². The largest absolute Gasteiger partial charge is 0.367 e. The van der Waals surface area contributed by atoms with Crippen LogP contribution in [0.1, 0.15) is 6.92 Å². The summed E-state index contributed by atoms with van der Waals surface area (Å²) in [4.78, 5) is 22.7. The van der Waals surface area contributed by atoms with Crippen LogP contribution in [0, 0.1) is 0 Å². The molecule has 0 N–H and O–H groups in total. The number of ether oxygens (including phenoxy) is 1. The standard InChI is InChI=1S/C7H11NO3/c1-6(10)8-2-3-11-7(4-8)5-9/h5,7H,2-4H2,1H3. The van der Waals surface area contributed by atoms with Gasteiger partial charge in [-0.1, -0.05) is 0 Å². The van der Waals surface area contributed by atoms with E-state index >= 15 is 0 Å². The number of aldehydes is 1. The molecule has 62 valence electrons. The summed E-state index contributed by atoms with van der Waals surface area (Å²) in [6.07, 6.45) is 0.308. The smallest absolute Gasteiger partial charge is 0.219 e. The number of rotatable bonds is 1. The first kappa shape index (κ1) is 8.20. The predicted octanol–water partition coefficient (Wildman–Crippen LogP) is -0.567. The fourth-order valence-electron chi connectivity index (χ4n) is 1.04. The molecule has 4 nitrogen and oxygen atoms in total. The highest BCUT2D eigenvalue weighted by Crippen LogP contribution is 2.02. The lowest BCUT2D eigenvalue weighted by Crippen LogP contribution is -2.45. The highest BCUT2D eigenvalue weighted by atomic mass is 16.5. The molecule has 0 aromatic rings. The number of amides is 1. The van der Waals surface area contributed by atoms with E-state index < -0.39 is 6.10 Å². The third-order valence-corrected chi connectivity index (χ3v) is 1.69. The van der Waals surface area contributed by atoms with Crippen LogP contribution in [0.4, 0.5) is 0 Å². The van der Waals surface area contributed by atoms with Gasteiger partial charge in [-0.15, -0.1) is 0 Å². The molecular weight excluding hydrogens is 146 g/mol. The molecule has 1 saturated heterocycles. The van der Waals surface area contributed by atoms with Crippen molar-refractivity contribution in [2.45, 2.75) is 13.0 Å². The van der Waals surface area contributed by atoms with E-state index in [1.54, 1.807) is 4.90 Å². The highest BCUT2D eigenvalue weighted by molar-refractivity contribution is 5.74. The molecule has 0 saturated carbocycles. The molecular formula is C7H11NO3. The Hall–Kier alpha value is -0.900. The third-order valence-electron chi connectivity index (χ3n) is 1.69. The molecule has 0 aromatic heterocycles. The van der Waals surface area contributed by atoms with Gasteiger partial charge in [0.05, 0.1) is 13.2 Å². The molecule has 1 heterocycles. The van der Waals surface area contributed by atoms with Crippen LogP contribution in [0.5, 0.6) is 0 Å². The molecule has 0 spiro atoms. The van der Waals surface area contributed by atoms with Gasteiger partial charge in [0.25, 0.3) is 0 Å². The van der Waals surface area contributed by atoms with Gasteiger partial charge in [-0.3, -0.25) is 4.79 Å². The molecule has 11 heavy (non-hydrogen) atoms. The average molecular weight is 157 g/mol. The first-order valence-electron chi connectivity index (χ1n) is 3.56. The Balaban J connectivity index is 2.45. The maximum absolute atomic E-state index is 10.8. The van der Waals surface area contributed by atoms with Gasteiger partial charge in [0.15, 0.2) is 6.29 Å². The normalized spacial score (nSPS) is 24.8. The van der Waals surface area contributed by atoms with Gasteiger partial charge in [-0.25, -0.2) is 0 Å². The number of carbonyl (C=O) groups excluding carboxylic acids is 2. The minimum atomic E-state index is -0.423. The molecule has 1 fully saturated rings. The summed E-state index contributed by atoms with van der Waals surface area (Å²) in [6.45, 7) is 2.95. The lowest BCUT2D eigenvalue weighted by Gasteiger charge is -2.29. The maximum atomic E-state index is 10.8. The van der Waals surface area contributed by atoms with E-state index in [0.29, 0.717) is 19.7 Å². The number of hydrogen-bond donors (Lipinski definition) is 0. The summed E-state index contributed by atoms with van der Waals surface area (Å²) in [5.41, 5.74) is 0. The van der Waals surface area contributed by atoms with E-state index in [1.807, 2.05) is 0 Å². The van der Waals surface area contributed by atoms with E-state index in [1.165, 1.54) is 6.92 Å². The van der Waals surface area contributed by atoms with Crippen LogP contribution in [0.3, 0.4) is 0 Å². The molecule has 0 aliphatic carbocycles. The zero-order chi connectivity index (χ0) is 8.27. The molecule has 1 rings (SSSR count). The van der Waals surface area contributed by atoms with Crippen molar-refractivity contribution in [1.82, 2.24) is 4.90 Å². The Morgan fingerprint density at radius 3 is 3.00 bits per heavy atom. The van der Waals surface area contributed by atoms with Crippen LogP contribution in [-0.4, -0.2) is 42.9 Å². The van der Waals surface area contributed by atoms with E-state index in [9.17, 15) is 9.59 Å². The van der Waals surface area contributed by atoms with E-state index in [2.05, 4.69) is 0 Å². The van der Waals surface area contributed by atoms with Crippen LogP contribution >= 0.6 is 0 Å². The minimum Gasteiger partial charge on any atom is -0.367 e. The van der Waals surface area contributed by atoms with Crippen LogP contribution in [-0.2, 0) is 14.3 Å². The summed E-state index contributed by atoms with van der Waals surface area (Å²) in [5, 5.41) is 0. The van der Waals surface area contributed by atoms with Crippen molar-refractivity contribution in [1.29, 1.82) is 0 Å². The van der Waals surface area contributed by atoms with Gasteiger partial charge >= 0.3 is 0 Å². The third kappa shape index (κ3) is 2.01. The Bertz CT molecular complexity index is 169. The second kappa shape index (κ2) is 3.48. The Morgan fingerprint density at radius 1 is 1.73 bits per heavy atom. The first-order valence-corrected chi connectivity index (χ1v) is 3.56. The van der Waals surface area contributed by atoms with Crippen molar-refractivity contribution in [2.24, 2.45) is 0 Å². The monoisotopic (exact) mass is 157 g/mol. The molecule has 0 bridgehead atoms. The second-order valence-electron chi connectivity index (χ2n) is 2.51. The lowest BCUT2D eigenvalue weighted by atomic mass is 10.3. The number of carbonyl (C=O) groups is 2. The second-order valence-corrected chi connectivity index (χ2v) is 2.51. The van der Waals surface area contributed by atoms with Gasteiger partial charge in [-0.2, -0.15) is 0 Å². The van der Waals surface area contributed by atoms with Crippen molar-refractivity contribution < 1.29 is 14.3 Å². The van der Waals surface area contributed by atoms with Crippen LogP contribution < -0.4 is 0 Å². The minimum absolute atomic E-state index is 0.000139. The zero-order valence-corrected chi connectivity index (χ0v) is 6.45. The molecule has 1 aliphatic rings. The van der Waals surface area contributed by atoms with Crippen molar-refractivity contribution >= 4 is 12.2 Å². The van der Waals surface area contributed by atoms with Gasteiger partial charge in [-0.05, 0) is 0 Å². The zero-order valence-electron chi connectivity index (χ0n) is 6.45. The number of nitrogens with zero attached hydrogens (tertiary/aromatic N) is 1. The molecule has 1 amide bonds. The van der Waals surface area contributed by atoms with E-state index in [4.69, 9.17) is 4.74 Å². The molecule has 1 aliphatic heterocycles.